The van der Waals surface area contributed by atoms with Gasteiger partial charge in [-0.3, -0.25) is 10.1 Å². The summed E-state index contributed by atoms with van der Waals surface area (Å²) in [6.45, 7) is 0. The number of hydrogen-bond acceptors (Lipinski definition) is 6. The Labute approximate surface area is 124 Å². The molecule has 2 N–H and O–H groups in total. The van der Waals surface area contributed by atoms with Crippen molar-refractivity contribution in [2.24, 2.45) is 5.73 Å². The van der Waals surface area contributed by atoms with Crippen LogP contribution >= 0.6 is 12.4 Å². The highest BCUT2D eigenvalue weighted by atomic mass is 35.5. The van der Waals surface area contributed by atoms with Crippen LogP contribution in [0.4, 0.5) is 10.1 Å². The molecule has 1 aliphatic rings. The fourth-order valence-corrected chi connectivity index (χ4v) is 2.11. The Balaban J connectivity index is 0.00000161. The van der Waals surface area contributed by atoms with Gasteiger partial charge in [0.15, 0.2) is 5.82 Å². The second-order valence-electron chi connectivity index (χ2n) is 4.85. The van der Waals surface area contributed by atoms with Crippen molar-refractivity contribution in [1.29, 1.82) is 0 Å². The molecule has 0 saturated heterocycles. The zero-order valence-corrected chi connectivity index (χ0v) is 11.6. The topological polar surface area (TPSA) is 108 Å². The summed E-state index contributed by atoms with van der Waals surface area (Å²) in [5.41, 5.74) is 5.14. The standard InChI is InChI=1S/C12H11FN4O3.ClH/c13-9-6-7(17(18)19)2-3-8(9)10-15-11(16-20-10)12(14)4-1-5-12;/h2-3,6H,1,4-5,14H2;1H. The van der Waals surface area contributed by atoms with Gasteiger partial charge in [0.1, 0.15) is 5.82 Å². The van der Waals surface area contributed by atoms with Crippen molar-refractivity contribution >= 4 is 18.1 Å². The number of non-ortho nitro benzene ring substituents is 1. The van der Waals surface area contributed by atoms with Gasteiger partial charge in [-0.05, 0) is 25.3 Å². The molecule has 7 nitrogen and oxygen atoms in total. The van der Waals surface area contributed by atoms with E-state index in [1.165, 1.54) is 12.1 Å². The number of aromatic nitrogens is 2. The quantitative estimate of drug-likeness (QED) is 0.689. The molecule has 3 rings (SSSR count). The highest BCUT2D eigenvalue weighted by molar-refractivity contribution is 5.85. The van der Waals surface area contributed by atoms with Gasteiger partial charge in [-0.25, -0.2) is 4.39 Å². The van der Waals surface area contributed by atoms with Crippen LogP contribution in [0.3, 0.4) is 0 Å². The summed E-state index contributed by atoms with van der Waals surface area (Å²) in [5.74, 6) is -0.463. The molecule has 0 amide bonds. The molecule has 0 bridgehead atoms. The summed E-state index contributed by atoms with van der Waals surface area (Å²) in [6, 6.07) is 3.25. The molecule has 0 aliphatic heterocycles. The van der Waals surface area contributed by atoms with E-state index in [-0.39, 0.29) is 29.5 Å². The first-order valence-electron chi connectivity index (χ1n) is 6.07. The molecule has 1 aromatic carbocycles. The minimum absolute atomic E-state index is 0. The van der Waals surface area contributed by atoms with Crippen LogP contribution in [0.25, 0.3) is 11.5 Å². The summed E-state index contributed by atoms with van der Waals surface area (Å²) in [7, 11) is 0. The molecular formula is C12H12ClFN4O3. The smallest absolute Gasteiger partial charge is 0.272 e. The maximum atomic E-state index is 13.8. The fourth-order valence-electron chi connectivity index (χ4n) is 2.11. The number of hydrogen-bond donors (Lipinski definition) is 1. The fraction of sp³-hybridized carbons (Fsp3) is 0.333. The molecule has 0 unspecified atom stereocenters. The van der Waals surface area contributed by atoms with Crippen LogP contribution in [0.2, 0.25) is 0 Å². The van der Waals surface area contributed by atoms with Crippen LogP contribution in [0.1, 0.15) is 25.1 Å². The first-order valence-corrected chi connectivity index (χ1v) is 6.07. The van der Waals surface area contributed by atoms with Gasteiger partial charge in [0.2, 0.25) is 0 Å². The van der Waals surface area contributed by atoms with Crippen molar-refractivity contribution in [3.63, 3.8) is 0 Å². The molecule has 0 spiro atoms. The molecule has 112 valence electrons. The maximum absolute atomic E-state index is 13.8. The lowest BCUT2D eigenvalue weighted by atomic mass is 9.77. The zero-order valence-electron chi connectivity index (χ0n) is 10.8. The zero-order chi connectivity index (χ0) is 14.3. The largest absolute Gasteiger partial charge is 0.334 e. The lowest BCUT2D eigenvalue weighted by Gasteiger charge is -2.34. The van der Waals surface area contributed by atoms with Crippen LogP contribution in [0.15, 0.2) is 22.7 Å². The normalized spacial score (nSPS) is 15.9. The summed E-state index contributed by atoms with van der Waals surface area (Å²) < 4.78 is 18.8. The van der Waals surface area contributed by atoms with Crippen LogP contribution in [-0.2, 0) is 5.54 Å². The number of nitrogens with two attached hydrogens (primary N) is 1. The molecule has 1 saturated carbocycles. The molecule has 0 radical (unpaired) electrons. The average Bonchev–Trinajstić information content (AvgIpc) is 2.85. The number of nitrogens with zero attached hydrogens (tertiary/aromatic N) is 3. The molecule has 1 fully saturated rings. The van der Waals surface area contributed by atoms with E-state index in [1.807, 2.05) is 0 Å². The average molecular weight is 315 g/mol. The van der Waals surface area contributed by atoms with E-state index < -0.39 is 16.3 Å². The van der Waals surface area contributed by atoms with Crippen molar-refractivity contribution in [3.8, 4) is 11.5 Å². The number of nitro groups is 1. The van der Waals surface area contributed by atoms with Gasteiger partial charge in [-0.2, -0.15) is 4.98 Å². The summed E-state index contributed by atoms with van der Waals surface area (Å²) >= 11 is 0. The van der Waals surface area contributed by atoms with Gasteiger partial charge in [-0.15, -0.1) is 12.4 Å². The van der Waals surface area contributed by atoms with E-state index in [9.17, 15) is 14.5 Å². The molecular weight excluding hydrogens is 303 g/mol. The maximum Gasteiger partial charge on any atom is 0.272 e. The van der Waals surface area contributed by atoms with E-state index in [0.717, 1.165) is 25.3 Å². The van der Waals surface area contributed by atoms with Crippen molar-refractivity contribution < 1.29 is 13.8 Å². The van der Waals surface area contributed by atoms with Crippen molar-refractivity contribution in [3.05, 3.63) is 40.0 Å². The Morgan fingerprint density at radius 2 is 2.14 bits per heavy atom. The minimum Gasteiger partial charge on any atom is -0.334 e. The summed E-state index contributed by atoms with van der Waals surface area (Å²) in [5, 5.41) is 14.3. The van der Waals surface area contributed by atoms with Gasteiger partial charge in [0, 0.05) is 6.07 Å². The van der Waals surface area contributed by atoms with E-state index in [0.29, 0.717) is 5.82 Å². The second kappa shape index (κ2) is 5.38. The molecule has 21 heavy (non-hydrogen) atoms. The van der Waals surface area contributed by atoms with E-state index in [1.54, 1.807) is 0 Å². The number of nitro benzene ring substituents is 1. The Morgan fingerprint density at radius 3 is 2.67 bits per heavy atom. The molecule has 1 heterocycles. The Morgan fingerprint density at radius 1 is 1.43 bits per heavy atom. The van der Waals surface area contributed by atoms with Gasteiger partial charge in [-0.1, -0.05) is 5.16 Å². The van der Waals surface area contributed by atoms with Crippen LogP contribution in [0, 0.1) is 15.9 Å². The van der Waals surface area contributed by atoms with Crippen molar-refractivity contribution in [1.82, 2.24) is 10.1 Å². The Bertz CT molecular complexity index is 687. The number of rotatable bonds is 3. The predicted octanol–water partition coefficient (Wildman–Crippen LogP) is 2.54. The Hall–Kier alpha value is -2.06. The van der Waals surface area contributed by atoms with E-state index in [4.69, 9.17) is 10.3 Å². The third-order valence-corrected chi connectivity index (χ3v) is 3.51. The molecule has 1 aromatic heterocycles. The molecule has 1 aliphatic carbocycles. The highest BCUT2D eigenvalue weighted by Gasteiger charge is 2.39. The second-order valence-corrected chi connectivity index (χ2v) is 4.85. The molecule has 9 heteroatoms. The first kappa shape index (κ1) is 15.3. The van der Waals surface area contributed by atoms with Crippen molar-refractivity contribution in [2.75, 3.05) is 0 Å². The van der Waals surface area contributed by atoms with Crippen LogP contribution < -0.4 is 5.73 Å². The third kappa shape index (κ3) is 2.59. The van der Waals surface area contributed by atoms with Gasteiger partial charge >= 0.3 is 0 Å². The van der Waals surface area contributed by atoms with Crippen LogP contribution in [-0.4, -0.2) is 15.1 Å². The third-order valence-electron chi connectivity index (χ3n) is 3.51. The summed E-state index contributed by atoms with van der Waals surface area (Å²) in [4.78, 5) is 14.0. The monoisotopic (exact) mass is 314 g/mol. The van der Waals surface area contributed by atoms with Crippen molar-refractivity contribution in [2.45, 2.75) is 24.8 Å². The molecule has 0 atom stereocenters. The lowest BCUT2D eigenvalue weighted by Crippen LogP contribution is -2.44. The van der Waals surface area contributed by atoms with Gasteiger partial charge in [0.05, 0.1) is 22.1 Å². The molecule has 2 aromatic rings. The van der Waals surface area contributed by atoms with Gasteiger partial charge < -0.3 is 10.3 Å². The van der Waals surface area contributed by atoms with E-state index in [2.05, 4.69) is 10.1 Å². The van der Waals surface area contributed by atoms with Crippen LogP contribution in [0.5, 0.6) is 0 Å². The Kier molecular flexibility index (Phi) is 3.93. The predicted molar refractivity (Wildman–Crippen MR) is 73.3 cm³/mol. The van der Waals surface area contributed by atoms with E-state index >= 15 is 0 Å². The SMILES string of the molecule is Cl.NC1(c2noc(-c3ccc([N+](=O)[O-])cc3F)n2)CCC1. The minimum atomic E-state index is -0.783. The summed E-state index contributed by atoms with van der Waals surface area (Å²) in [6.07, 6.45) is 2.51. The highest BCUT2D eigenvalue weighted by Crippen LogP contribution is 2.38. The number of benzene rings is 1. The number of halogens is 2. The lowest BCUT2D eigenvalue weighted by molar-refractivity contribution is -0.385. The first-order chi connectivity index (χ1) is 9.49. The van der Waals surface area contributed by atoms with Gasteiger partial charge in [0.25, 0.3) is 11.6 Å².